The molecule has 0 aliphatic rings. The van der Waals surface area contributed by atoms with Gasteiger partial charge in [0.1, 0.15) is 4.49 Å². The third-order valence-electron chi connectivity index (χ3n) is 4.27. The van der Waals surface area contributed by atoms with Gasteiger partial charge in [-0.3, -0.25) is 0 Å². The van der Waals surface area contributed by atoms with Crippen LogP contribution in [0.2, 0.25) is 0 Å². The summed E-state index contributed by atoms with van der Waals surface area (Å²) in [5, 5.41) is 4.74. The van der Waals surface area contributed by atoms with Crippen molar-refractivity contribution in [3.63, 3.8) is 0 Å². The van der Waals surface area contributed by atoms with Crippen LogP contribution in [0, 0.1) is 0 Å². The van der Waals surface area contributed by atoms with Crippen molar-refractivity contribution in [2.24, 2.45) is 0 Å². The predicted molar refractivity (Wildman–Crippen MR) is 106 cm³/mol. The van der Waals surface area contributed by atoms with Crippen LogP contribution in [0.3, 0.4) is 0 Å². The molecule has 0 saturated heterocycles. The summed E-state index contributed by atoms with van der Waals surface area (Å²) in [6.45, 7) is 0. The van der Waals surface area contributed by atoms with E-state index in [0.717, 1.165) is 16.7 Å². The molecule has 116 valence electrons. The van der Waals surface area contributed by atoms with E-state index < -0.39 is 0 Å². The summed E-state index contributed by atoms with van der Waals surface area (Å²) < 4.78 is 0.278. The van der Waals surface area contributed by atoms with Crippen LogP contribution < -0.4 is 0 Å². The number of rotatable bonds is 2. The summed E-state index contributed by atoms with van der Waals surface area (Å²) in [6, 6.07) is 29.1. The van der Waals surface area contributed by atoms with E-state index in [-0.39, 0.29) is 4.49 Å². The van der Waals surface area contributed by atoms with E-state index in [0.29, 0.717) is 0 Å². The zero-order chi connectivity index (χ0) is 16.5. The number of hydrogen-bond acceptors (Lipinski definition) is 0. The third-order valence-corrected chi connectivity index (χ3v) is 4.64. The van der Waals surface area contributed by atoms with Gasteiger partial charge in [0.25, 0.3) is 0 Å². The van der Waals surface area contributed by atoms with Crippen LogP contribution in [0.4, 0.5) is 0 Å². The van der Waals surface area contributed by atoms with Crippen LogP contribution in [0.1, 0.15) is 11.1 Å². The van der Waals surface area contributed by atoms with Crippen molar-refractivity contribution in [3.8, 4) is 0 Å². The maximum Gasteiger partial charge on any atom is 0.115 e. The summed E-state index contributed by atoms with van der Waals surface area (Å²) in [7, 11) is 0. The van der Waals surface area contributed by atoms with Crippen molar-refractivity contribution in [1.82, 2.24) is 0 Å². The molecule has 0 bridgehead atoms. The van der Waals surface area contributed by atoms with Crippen LogP contribution in [-0.2, 0) is 0 Å². The molecule has 0 spiro atoms. The van der Waals surface area contributed by atoms with Crippen molar-refractivity contribution in [2.75, 3.05) is 0 Å². The first-order valence-corrected chi connectivity index (χ1v) is 8.51. The van der Waals surface area contributed by atoms with E-state index in [9.17, 15) is 0 Å². The Hall–Kier alpha value is -2.28. The molecule has 0 aromatic heterocycles. The van der Waals surface area contributed by atoms with Gasteiger partial charge in [-0.15, -0.1) is 0 Å². The van der Waals surface area contributed by atoms with Gasteiger partial charge in [-0.05, 0) is 44.8 Å². The van der Waals surface area contributed by atoms with Crippen LogP contribution in [0.15, 0.2) is 89.4 Å². The van der Waals surface area contributed by atoms with Crippen molar-refractivity contribution in [3.05, 3.63) is 101 Å². The van der Waals surface area contributed by atoms with Gasteiger partial charge < -0.3 is 0 Å². The van der Waals surface area contributed by atoms with Gasteiger partial charge in [-0.1, -0.05) is 96.0 Å². The van der Waals surface area contributed by atoms with Gasteiger partial charge in [0.15, 0.2) is 0 Å². The molecule has 0 atom stereocenters. The van der Waals surface area contributed by atoms with Crippen molar-refractivity contribution >= 4 is 50.3 Å². The number of fused-ring (bicyclic) bond motifs is 2. The molecule has 0 unspecified atom stereocenters. The van der Waals surface area contributed by atoms with Gasteiger partial charge >= 0.3 is 0 Å². The lowest BCUT2D eigenvalue weighted by Crippen LogP contribution is -1.90. The fourth-order valence-electron chi connectivity index (χ4n) is 3.07. The zero-order valence-corrected chi connectivity index (χ0v) is 14.4. The van der Waals surface area contributed by atoms with Crippen LogP contribution in [0.5, 0.6) is 0 Å². The fraction of sp³-hybridized carbons (Fsp3) is 0. The predicted octanol–water partition coefficient (Wildman–Crippen LogP) is 7.19. The Balaban J connectivity index is 1.90. The maximum absolute atomic E-state index is 6.26. The lowest BCUT2D eigenvalue weighted by atomic mass is 9.95. The minimum absolute atomic E-state index is 0.278. The Morgan fingerprint density at radius 2 is 0.917 bits per heavy atom. The average Bonchev–Trinajstić information content (AvgIpc) is 2.61. The topological polar surface area (TPSA) is 0 Å². The molecule has 0 nitrogen and oxygen atoms in total. The summed E-state index contributed by atoms with van der Waals surface area (Å²) in [5.74, 6) is 0. The minimum Gasteiger partial charge on any atom is -0.0702 e. The number of benzene rings is 4. The van der Waals surface area contributed by atoms with E-state index in [4.69, 9.17) is 23.2 Å². The minimum atomic E-state index is 0.278. The van der Waals surface area contributed by atoms with Crippen LogP contribution in [0.25, 0.3) is 27.1 Å². The van der Waals surface area contributed by atoms with E-state index >= 15 is 0 Å². The van der Waals surface area contributed by atoms with Crippen molar-refractivity contribution in [1.29, 1.82) is 0 Å². The molecular weight excluding hydrogens is 335 g/mol. The maximum atomic E-state index is 6.26. The monoisotopic (exact) mass is 348 g/mol. The number of halogens is 2. The van der Waals surface area contributed by atoms with E-state index in [1.54, 1.807) is 0 Å². The lowest BCUT2D eigenvalue weighted by Gasteiger charge is -2.11. The van der Waals surface area contributed by atoms with Gasteiger partial charge in [0, 0.05) is 5.57 Å². The highest BCUT2D eigenvalue weighted by Gasteiger charge is 2.11. The Morgan fingerprint density at radius 3 is 1.33 bits per heavy atom. The Labute approximate surface area is 150 Å². The molecule has 4 aromatic rings. The van der Waals surface area contributed by atoms with Crippen molar-refractivity contribution < 1.29 is 0 Å². The summed E-state index contributed by atoms with van der Waals surface area (Å²) in [6.07, 6.45) is 0. The highest BCUT2D eigenvalue weighted by molar-refractivity contribution is 6.59. The molecule has 24 heavy (non-hydrogen) atoms. The molecule has 0 amide bonds. The molecule has 0 aliphatic carbocycles. The second-order valence-corrected chi connectivity index (χ2v) is 6.71. The molecule has 0 heterocycles. The molecule has 0 fully saturated rings. The van der Waals surface area contributed by atoms with E-state index in [1.807, 2.05) is 24.3 Å². The molecule has 0 aliphatic heterocycles. The van der Waals surface area contributed by atoms with Crippen molar-refractivity contribution in [2.45, 2.75) is 0 Å². The van der Waals surface area contributed by atoms with Gasteiger partial charge in [0.05, 0.1) is 0 Å². The zero-order valence-electron chi connectivity index (χ0n) is 12.8. The quantitative estimate of drug-likeness (QED) is 0.359. The third kappa shape index (κ3) is 2.80. The van der Waals surface area contributed by atoms with E-state index in [1.165, 1.54) is 21.5 Å². The molecule has 4 rings (SSSR count). The fourth-order valence-corrected chi connectivity index (χ4v) is 3.51. The first kappa shape index (κ1) is 15.3. The summed E-state index contributed by atoms with van der Waals surface area (Å²) in [5.41, 5.74) is 2.89. The standard InChI is InChI=1S/C22H14Cl2/c23-22(24)21(19-11-9-15-5-1-3-7-17(15)13-19)20-12-10-16-6-2-4-8-18(16)14-20/h1-14H. The molecule has 0 radical (unpaired) electrons. The normalized spacial score (nSPS) is 10.9. The molecule has 0 N–H and O–H groups in total. The van der Waals surface area contributed by atoms with Crippen LogP contribution >= 0.6 is 23.2 Å². The van der Waals surface area contributed by atoms with Gasteiger partial charge in [-0.2, -0.15) is 0 Å². The summed E-state index contributed by atoms with van der Waals surface area (Å²) in [4.78, 5) is 0. The molecular formula is C22H14Cl2. The Kier molecular flexibility index (Phi) is 4.02. The Bertz CT molecular complexity index is 992. The SMILES string of the molecule is ClC(Cl)=C(c1ccc2ccccc2c1)c1ccc2ccccc2c1. The number of hydrogen-bond donors (Lipinski definition) is 0. The molecule has 2 heteroatoms. The summed E-state index contributed by atoms with van der Waals surface area (Å²) >= 11 is 12.5. The first-order chi connectivity index (χ1) is 11.7. The largest absolute Gasteiger partial charge is 0.115 e. The lowest BCUT2D eigenvalue weighted by molar-refractivity contribution is 1.59. The molecule has 0 saturated carbocycles. The average molecular weight is 349 g/mol. The highest BCUT2D eigenvalue weighted by Crippen LogP contribution is 2.34. The highest BCUT2D eigenvalue weighted by atomic mass is 35.5. The smallest absolute Gasteiger partial charge is 0.0702 e. The van der Waals surface area contributed by atoms with Gasteiger partial charge in [0.2, 0.25) is 0 Å². The van der Waals surface area contributed by atoms with Gasteiger partial charge in [-0.25, -0.2) is 0 Å². The first-order valence-electron chi connectivity index (χ1n) is 7.76. The Morgan fingerprint density at radius 1 is 0.500 bits per heavy atom. The molecule has 4 aromatic carbocycles. The van der Waals surface area contributed by atoms with Crippen LogP contribution in [-0.4, -0.2) is 0 Å². The second-order valence-electron chi connectivity index (χ2n) is 5.76. The van der Waals surface area contributed by atoms with E-state index in [2.05, 4.69) is 60.7 Å². The second kappa shape index (κ2) is 6.32.